The van der Waals surface area contributed by atoms with Gasteiger partial charge in [0, 0.05) is 53.6 Å². The molecule has 6 aromatic carbocycles. The molecule has 0 atom stereocenters. The number of anilines is 6. The number of rotatable bonds is 6. The number of halogens is 1. The summed E-state index contributed by atoms with van der Waals surface area (Å²) in [5, 5.41) is 3.19. The molecule has 7 aromatic rings. The topological polar surface area (TPSA) is 6.48 Å². The second-order valence-corrected chi connectivity index (χ2v) is 11.1. The molecular weight excluding hydrogens is 528 g/mol. The number of hydrogen-bond acceptors (Lipinski definition) is 3. The van der Waals surface area contributed by atoms with Gasteiger partial charge in [-0.15, -0.1) is 11.3 Å². The summed E-state index contributed by atoms with van der Waals surface area (Å²) in [4.78, 5) is 4.59. The van der Waals surface area contributed by atoms with Gasteiger partial charge in [0.2, 0.25) is 0 Å². The van der Waals surface area contributed by atoms with E-state index < -0.39 is 0 Å². The molecule has 1 heterocycles. The largest absolute Gasteiger partial charge is 0.311 e. The minimum Gasteiger partial charge on any atom is -0.311 e. The van der Waals surface area contributed by atoms with E-state index in [1.807, 2.05) is 12.1 Å². The van der Waals surface area contributed by atoms with Crippen LogP contribution in [0.15, 0.2) is 152 Å². The van der Waals surface area contributed by atoms with Gasteiger partial charge in [-0.2, -0.15) is 0 Å². The standard InChI is InChI=1S/C36H25ClN2S/c37-26-24-33(36-32-18-10-11-19-34(32)40-35(36)25-26)39(29-16-8-3-9-17-29)31-22-20-30(21-23-31)38(27-12-4-1-5-13-27)28-14-6-2-7-15-28/h1-25H. The number of para-hydroxylation sites is 3. The summed E-state index contributed by atoms with van der Waals surface area (Å²) in [6.07, 6.45) is 0. The van der Waals surface area contributed by atoms with Crippen molar-refractivity contribution in [3.63, 3.8) is 0 Å². The van der Waals surface area contributed by atoms with E-state index in [0.29, 0.717) is 0 Å². The van der Waals surface area contributed by atoms with Gasteiger partial charge in [0.1, 0.15) is 0 Å². The number of thiophene rings is 1. The van der Waals surface area contributed by atoms with Crippen molar-refractivity contribution in [1.82, 2.24) is 0 Å². The molecule has 4 heteroatoms. The summed E-state index contributed by atoms with van der Waals surface area (Å²) in [6, 6.07) is 53.0. The van der Waals surface area contributed by atoms with Crippen LogP contribution in [-0.2, 0) is 0 Å². The molecule has 0 N–H and O–H groups in total. The molecule has 0 spiro atoms. The van der Waals surface area contributed by atoms with Crippen molar-refractivity contribution < 1.29 is 0 Å². The van der Waals surface area contributed by atoms with Crippen LogP contribution in [0, 0.1) is 0 Å². The molecule has 0 aliphatic heterocycles. The maximum atomic E-state index is 6.75. The van der Waals surface area contributed by atoms with Crippen molar-refractivity contribution in [2.45, 2.75) is 0 Å². The van der Waals surface area contributed by atoms with E-state index in [2.05, 4.69) is 149 Å². The molecule has 0 bridgehead atoms. The quantitative estimate of drug-likeness (QED) is 0.202. The molecule has 2 nitrogen and oxygen atoms in total. The molecule has 0 aliphatic rings. The fraction of sp³-hybridized carbons (Fsp3) is 0. The van der Waals surface area contributed by atoms with Gasteiger partial charge in [-0.1, -0.05) is 84.4 Å². The summed E-state index contributed by atoms with van der Waals surface area (Å²) in [6.45, 7) is 0. The lowest BCUT2D eigenvalue weighted by Crippen LogP contribution is -2.12. The van der Waals surface area contributed by atoms with Crippen molar-refractivity contribution in [3.8, 4) is 0 Å². The molecule has 0 saturated carbocycles. The minimum absolute atomic E-state index is 0.728. The van der Waals surface area contributed by atoms with E-state index in [-0.39, 0.29) is 0 Å². The Hall–Kier alpha value is -4.57. The minimum atomic E-state index is 0.728. The second-order valence-electron chi connectivity index (χ2n) is 9.59. The first-order valence-electron chi connectivity index (χ1n) is 13.2. The first-order valence-corrected chi connectivity index (χ1v) is 14.4. The van der Waals surface area contributed by atoms with Crippen molar-refractivity contribution >= 4 is 77.2 Å². The van der Waals surface area contributed by atoms with E-state index in [1.54, 1.807) is 11.3 Å². The lowest BCUT2D eigenvalue weighted by molar-refractivity contribution is 1.26. The zero-order valence-electron chi connectivity index (χ0n) is 21.6. The fourth-order valence-electron chi connectivity index (χ4n) is 5.33. The Morgan fingerprint density at radius 2 is 0.875 bits per heavy atom. The van der Waals surface area contributed by atoms with E-state index in [1.165, 1.54) is 20.2 Å². The highest BCUT2D eigenvalue weighted by Gasteiger charge is 2.20. The molecule has 1 aromatic heterocycles. The van der Waals surface area contributed by atoms with Crippen molar-refractivity contribution in [3.05, 3.63) is 157 Å². The van der Waals surface area contributed by atoms with Crippen LogP contribution in [0.5, 0.6) is 0 Å². The monoisotopic (exact) mass is 552 g/mol. The summed E-state index contributed by atoms with van der Waals surface area (Å²) in [5.74, 6) is 0. The maximum Gasteiger partial charge on any atom is 0.0569 e. The van der Waals surface area contributed by atoms with Crippen LogP contribution in [0.4, 0.5) is 34.1 Å². The predicted molar refractivity (Wildman–Crippen MR) is 174 cm³/mol. The number of nitrogens with zero attached hydrogens (tertiary/aromatic N) is 2. The van der Waals surface area contributed by atoms with Gasteiger partial charge >= 0.3 is 0 Å². The molecular formula is C36H25ClN2S. The van der Waals surface area contributed by atoms with Gasteiger partial charge in [0.05, 0.1) is 5.69 Å². The smallest absolute Gasteiger partial charge is 0.0569 e. The van der Waals surface area contributed by atoms with Gasteiger partial charge in [-0.3, -0.25) is 0 Å². The van der Waals surface area contributed by atoms with E-state index in [9.17, 15) is 0 Å². The summed E-state index contributed by atoms with van der Waals surface area (Å²) < 4.78 is 2.44. The van der Waals surface area contributed by atoms with Gasteiger partial charge < -0.3 is 9.80 Å². The second kappa shape index (κ2) is 10.5. The van der Waals surface area contributed by atoms with Gasteiger partial charge in [-0.05, 0) is 78.9 Å². The Morgan fingerprint density at radius 3 is 1.45 bits per heavy atom. The predicted octanol–water partition coefficient (Wildman–Crippen LogP) is 11.6. The van der Waals surface area contributed by atoms with Crippen LogP contribution < -0.4 is 9.80 Å². The Balaban J connectivity index is 1.40. The Bertz CT molecular complexity index is 1860. The van der Waals surface area contributed by atoms with E-state index >= 15 is 0 Å². The third-order valence-electron chi connectivity index (χ3n) is 7.07. The third kappa shape index (κ3) is 4.50. The van der Waals surface area contributed by atoms with Crippen molar-refractivity contribution in [1.29, 1.82) is 0 Å². The average molecular weight is 553 g/mol. The number of hydrogen-bond donors (Lipinski definition) is 0. The SMILES string of the molecule is Clc1cc(N(c2ccccc2)c2ccc(N(c3ccccc3)c3ccccc3)cc2)c2c(c1)sc1ccccc12. The molecule has 0 fully saturated rings. The highest BCUT2D eigenvalue weighted by molar-refractivity contribution is 7.26. The fourth-order valence-corrected chi connectivity index (χ4v) is 6.78. The van der Waals surface area contributed by atoms with Crippen molar-refractivity contribution in [2.24, 2.45) is 0 Å². The lowest BCUT2D eigenvalue weighted by Gasteiger charge is -2.29. The van der Waals surface area contributed by atoms with Gasteiger partial charge in [0.25, 0.3) is 0 Å². The lowest BCUT2D eigenvalue weighted by atomic mass is 10.1. The number of benzene rings is 6. The van der Waals surface area contributed by atoms with Gasteiger partial charge in [-0.25, -0.2) is 0 Å². The maximum absolute atomic E-state index is 6.75. The molecule has 40 heavy (non-hydrogen) atoms. The Labute approximate surface area is 242 Å². The van der Waals surface area contributed by atoms with Crippen LogP contribution in [0.3, 0.4) is 0 Å². The molecule has 0 aliphatic carbocycles. The Kier molecular flexibility index (Phi) is 6.45. The molecule has 192 valence electrons. The van der Waals surface area contributed by atoms with Crippen LogP contribution in [0.1, 0.15) is 0 Å². The summed E-state index contributed by atoms with van der Waals surface area (Å²) in [7, 11) is 0. The van der Waals surface area contributed by atoms with E-state index in [4.69, 9.17) is 11.6 Å². The highest BCUT2D eigenvalue weighted by Crippen LogP contribution is 2.46. The van der Waals surface area contributed by atoms with Crippen LogP contribution in [0.2, 0.25) is 5.02 Å². The summed E-state index contributed by atoms with van der Waals surface area (Å²) >= 11 is 8.53. The Morgan fingerprint density at radius 1 is 0.425 bits per heavy atom. The van der Waals surface area contributed by atoms with Crippen molar-refractivity contribution in [2.75, 3.05) is 9.80 Å². The van der Waals surface area contributed by atoms with E-state index in [0.717, 1.165) is 39.1 Å². The number of fused-ring (bicyclic) bond motifs is 3. The molecule has 0 radical (unpaired) electrons. The normalized spacial score (nSPS) is 11.1. The first-order chi connectivity index (χ1) is 19.8. The third-order valence-corrected chi connectivity index (χ3v) is 8.41. The molecule has 0 saturated heterocycles. The molecule has 7 rings (SSSR count). The average Bonchev–Trinajstić information content (AvgIpc) is 3.38. The zero-order chi connectivity index (χ0) is 26.9. The van der Waals surface area contributed by atoms with Crippen LogP contribution in [-0.4, -0.2) is 0 Å². The zero-order valence-corrected chi connectivity index (χ0v) is 23.2. The first kappa shape index (κ1) is 24.5. The highest BCUT2D eigenvalue weighted by atomic mass is 35.5. The molecule has 0 unspecified atom stereocenters. The summed E-state index contributed by atoms with van der Waals surface area (Å²) in [5.41, 5.74) is 6.53. The molecule has 0 amide bonds. The van der Waals surface area contributed by atoms with Crippen LogP contribution >= 0.6 is 22.9 Å². The van der Waals surface area contributed by atoms with Gasteiger partial charge in [0.15, 0.2) is 0 Å². The van der Waals surface area contributed by atoms with Crippen LogP contribution in [0.25, 0.3) is 20.2 Å².